The monoisotopic (exact) mass is 371 g/mol. The molecule has 10 heteroatoms. The fraction of sp³-hybridized carbons (Fsp3) is 0.188. The Morgan fingerprint density at radius 1 is 1.23 bits per heavy atom. The summed E-state index contributed by atoms with van der Waals surface area (Å²) >= 11 is 0. The molecule has 0 unspecified atom stereocenters. The maximum atomic E-state index is 13.9. The molecular weight excluding hydrogens is 361 g/mol. The largest absolute Gasteiger partial charge is 0.464 e. The average molecular weight is 371 g/mol. The lowest BCUT2D eigenvalue weighted by atomic mass is 10.2. The van der Waals surface area contributed by atoms with Gasteiger partial charge in [-0.2, -0.15) is 18.3 Å². The Morgan fingerprint density at radius 3 is 2.58 bits per heavy atom. The Labute approximate surface area is 143 Å². The first kappa shape index (κ1) is 17.8. The number of aromatic nitrogens is 3. The molecule has 1 aromatic carbocycles. The van der Waals surface area contributed by atoms with Crippen molar-refractivity contribution < 1.29 is 31.5 Å². The highest BCUT2D eigenvalue weighted by Crippen LogP contribution is 2.31. The van der Waals surface area contributed by atoms with Crippen molar-refractivity contribution in [2.24, 2.45) is 0 Å². The third kappa shape index (κ3) is 3.22. The second kappa shape index (κ2) is 6.36. The predicted molar refractivity (Wildman–Crippen MR) is 79.3 cm³/mol. The third-order valence-electron chi connectivity index (χ3n) is 3.63. The van der Waals surface area contributed by atoms with Gasteiger partial charge in [0.15, 0.2) is 5.69 Å². The van der Waals surface area contributed by atoms with Crippen LogP contribution in [0.4, 0.5) is 22.0 Å². The molecule has 0 radical (unpaired) electrons. The molecule has 0 aliphatic rings. The van der Waals surface area contributed by atoms with Crippen LogP contribution in [0.3, 0.4) is 0 Å². The van der Waals surface area contributed by atoms with Crippen molar-refractivity contribution >= 4 is 17.0 Å². The van der Waals surface area contributed by atoms with Gasteiger partial charge >= 0.3 is 12.1 Å². The Hall–Kier alpha value is -3.04. The highest BCUT2D eigenvalue weighted by Gasteiger charge is 2.32. The molecule has 0 saturated heterocycles. The van der Waals surface area contributed by atoms with Crippen molar-refractivity contribution in [3.05, 3.63) is 58.9 Å². The number of methoxy groups -OCH3 is 1. The average Bonchev–Trinajstić information content (AvgIpc) is 2.94. The standard InChI is InChI=1S/C16H10F5N3O2/c1-26-15(25)14-13-12(4-9(6-22-13)16(19,20)21)24(23-14)7-8-2-3-10(17)5-11(8)18/h2-6H,7H2,1H3. The van der Waals surface area contributed by atoms with Crippen LogP contribution in [0.5, 0.6) is 0 Å². The molecule has 2 aromatic heterocycles. The summed E-state index contributed by atoms with van der Waals surface area (Å²) in [6.07, 6.45) is -4.10. The van der Waals surface area contributed by atoms with E-state index in [0.717, 1.165) is 30.0 Å². The van der Waals surface area contributed by atoms with E-state index in [1.54, 1.807) is 0 Å². The summed E-state index contributed by atoms with van der Waals surface area (Å²) in [7, 11) is 1.08. The fourth-order valence-electron chi connectivity index (χ4n) is 2.38. The van der Waals surface area contributed by atoms with E-state index in [0.29, 0.717) is 12.3 Å². The van der Waals surface area contributed by atoms with Crippen LogP contribution in [0.15, 0.2) is 30.5 Å². The zero-order chi connectivity index (χ0) is 19.1. The van der Waals surface area contributed by atoms with Crippen LogP contribution in [0.1, 0.15) is 21.6 Å². The van der Waals surface area contributed by atoms with Crippen molar-refractivity contribution in [1.29, 1.82) is 0 Å². The number of pyridine rings is 1. The van der Waals surface area contributed by atoms with Crippen molar-refractivity contribution in [2.45, 2.75) is 12.7 Å². The third-order valence-corrected chi connectivity index (χ3v) is 3.63. The number of fused-ring (bicyclic) bond motifs is 1. The van der Waals surface area contributed by atoms with Gasteiger partial charge in [0.1, 0.15) is 17.2 Å². The first-order chi connectivity index (χ1) is 12.2. The van der Waals surface area contributed by atoms with Gasteiger partial charge in [-0.05, 0) is 12.1 Å². The molecule has 2 heterocycles. The Kier molecular flexibility index (Phi) is 4.34. The van der Waals surface area contributed by atoms with Crippen LogP contribution in [0.25, 0.3) is 11.0 Å². The molecule has 0 spiro atoms. The Bertz CT molecular complexity index is 997. The van der Waals surface area contributed by atoms with Gasteiger partial charge in [0, 0.05) is 17.8 Å². The minimum atomic E-state index is -4.66. The van der Waals surface area contributed by atoms with Crippen molar-refractivity contribution in [2.75, 3.05) is 7.11 Å². The van der Waals surface area contributed by atoms with Crippen LogP contribution in [-0.4, -0.2) is 27.8 Å². The van der Waals surface area contributed by atoms with Gasteiger partial charge in [-0.25, -0.2) is 13.6 Å². The number of alkyl halides is 3. The number of hydrogen-bond acceptors (Lipinski definition) is 4. The maximum Gasteiger partial charge on any atom is 0.417 e. The lowest BCUT2D eigenvalue weighted by Gasteiger charge is -2.08. The second-order valence-corrected chi connectivity index (χ2v) is 5.32. The molecule has 0 saturated carbocycles. The number of carbonyl (C=O) groups is 1. The number of nitrogens with zero attached hydrogens (tertiary/aromatic N) is 3. The van der Waals surface area contributed by atoms with E-state index in [1.807, 2.05) is 0 Å². The summed E-state index contributed by atoms with van der Waals surface area (Å²) in [6, 6.07) is 3.53. The summed E-state index contributed by atoms with van der Waals surface area (Å²) in [5, 5.41) is 3.89. The number of halogens is 5. The highest BCUT2D eigenvalue weighted by molar-refractivity contribution is 6.00. The van der Waals surface area contributed by atoms with Gasteiger partial charge in [-0.15, -0.1) is 0 Å². The number of rotatable bonds is 3. The van der Waals surface area contributed by atoms with Crippen LogP contribution >= 0.6 is 0 Å². The molecule has 3 rings (SSSR count). The van der Waals surface area contributed by atoms with E-state index < -0.39 is 29.3 Å². The van der Waals surface area contributed by atoms with Crippen LogP contribution in [0, 0.1) is 11.6 Å². The quantitative estimate of drug-likeness (QED) is 0.522. The highest BCUT2D eigenvalue weighted by atomic mass is 19.4. The first-order valence-electron chi connectivity index (χ1n) is 7.16. The van der Waals surface area contributed by atoms with E-state index in [9.17, 15) is 26.7 Å². The van der Waals surface area contributed by atoms with Gasteiger partial charge in [-0.1, -0.05) is 6.07 Å². The molecule has 0 bridgehead atoms. The Morgan fingerprint density at radius 2 is 1.96 bits per heavy atom. The van der Waals surface area contributed by atoms with Crippen LogP contribution in [0.2, 0.25) is 0 Å². The zero-order valence-corrected chi connectivity index (χ0v) is 13.1. The SMILES string of the molecule is COC(=O)c1nn(Cc2ccc(F)cc2F)c2cc(C(F)(F)F)cnc12. The summed E-state index contributed by atoms with van der Waals surface area (Å²) in [5.41, 5.74) is -1.64. The Balaban J connectivity index is 2.17. The fourth-order valence-corrected chi connectivity index (χ4v) is 2.38. The summed E-state index contributed by atoms with van der Waals surface area (Å²) in [4.78, 5) is 15.5. The minimum Gasteiger partial charge on any atom is -0.464 e. The van der Waals surface area contributed by atoms with Gasteiger partial charge in [0.25, 0.3) is 0 Å². The number of ether oxygens (including phenoxy) is 1. The molecule has 0 aliphatic heterocycles. The van der Waals surface area contributed by atoms with E-state index in [4.69, 9.17) is 0 Å². The van der Waals surface area contributed by atoms with Gasteiger partial charge < -0.3 is 4.74 Å². The van der Waals surface area contributed by atoms with E-state index in [1.165, 1.54) is 0 Å². The molecule has 0 amide bonds. The molecular formula is C16H10F5N3O2. The lowest BCUT2D eigenvalue weighted by Crippen LogP contribution is -2.08. The molecule has 136 valence electrons. The smallest absolute Gasteiger partial charge is 0.417 e. The predicted octanol–water partition coefficient (Wildman–Crippen LogP) is 3.56. The van der Waals surface area contributed by atoms with Crippen molar-refractivity contribution in [3.8, 4) is 0 Å². The summed E-state index contributed by atoms with van der Waals surface area (Å²) < 4.78 is 71.3. The minimum absolute atomic E-state index is 0.0235. The number of hydrogen-bond donors (Lipinski definition) is 0. The number of benzene rings is 1. The zero-order valence-electron chi connectivity index (χ0n) is 13.1. The summed E-state index contributed by atoms with van der Waals surface area (Å²) in [5.74, 6) is -2.60. The first-order valence-corrected chi connectivity index (χ1v) is 7.16. The lowest BCUT2D eigenvalue weighted by molar-refractivity contribution is -0.137. The number of carbonyl (C=O) groups excluding carboxylic acids is 1. The van der Waals surface area contributed by atoms with Gasteiger partial charge in [-0.3, -0.25) is 9.67 Å². The normalized spacial score (nSPS) is 11.8. The molecule has 0 atom stereocenters. The van der Waals surface area contributed by atoms with Crippen LogP contribution in [-0.2, 0) is 17.5 Å². The molecule has 3 aromatic rings. The van der Waals surface area contributed by atoms with Gasteiger partial charge in [0.2, 0.25) is 0 Å². The molecule has 0 aliphatic carbocycles. The molecule has 0 fully saturated rings. The summed E-state index contributed by atoms with van der Waals surface area (Å²) in [6.45, 7) is -0.331. The van der Waals surface area contributed by atoms with Crippen molar-refractivity contribution in [3.63, 3.8) is 0 Å². The number of esters is 1. The molecule has 5 nitrogen and oxygen atoms in total. The van der Waals surface area contributed by atoms with Crippen LogP contribution < -0.4 is 0 Å². The van der Waals surface area contributed by atoms with E-state index >= 15 is 0 Å². The topological polar surface area (TPSA) is 57.0 Å². The van der Waals surface area contributed by atoms with E-state index in [2.05, 4.69) is 14.8 Å². The molecule has 26 heavy (non-hydrogen) atoms. The van der Waals surface area contributed by atoms with E-state index in [-0.39, 0.29) is 28.8 Å². The maximum absolute atomic E-state index is 13.9. The second-order valence-electron chi connectivity index (χ2n) is 5.32. The van der Waals surface area contributed by atoms with Gasteiger partial charge in [0.05, 0.1) is 24.7 Å². The molecule has 0 N–H and O–H groups in total. The van der Waals surface area contributed by atoms with Crippen molar-refractivity contribution in [1.82, 2.24) is 14.8 Å².